The number of oxime groups is 1. The molecule has 0 aromatic carbocycles. The fourth-order valence-electron chi connectivity index (χ4n) is 2.38. The molecule has 0 bridgehead atoms. The monoisotopic (exact) mass is 269 g/mol. The summed E-state index contributed by atoms with van der Waals surface area (Å²) in [7, 11) is 0. The van der Waals surface area contributed by atoms with Gasteiger partial charge in [0.1, 0.15) is 0 Å². The minimum Gasteiger partial charge on any atom is -0.411 e. The van der Waals surface area contributed by atoms with Gasteiger partial charge in [-0.2, -0.15) is 0 Å². The molecule has 1 unspecified atom stereocenters. The van der Waals surface area contributed by atoms with E-state index in [1.54, 1.807) is 0 Å². The number of amides is 1. The second-order valence-electron chi connectivity index (χ2n) is 5.71. The highest BCUT2D eigenvalue weighted by atomic mass is 16.4. The molecule has 1 atom stereocenters. The van der Waals surface area contributed by atoms with Gasteiger partial charge >= 0.3 is 0 Å². The predicted octanol–water partition coefficient (Wildman–Crippen LogP) is 1.71. The lowest BCUT2D eigenvalue weighted by molar-refractivity contribution is -0.122. The Morgan fingerprint density at radius 1 is 1.58 bits per heavy atom. The van der Waals surface area contributed by atoms with Gasteiger partial charge in [-0.15, -0.1) is 0 Å². The maximum absolute atomic E-state index is 11.8. The predicted molar refractivity (Wildman–Crippen MR) is 76.5 cm³/mol. The highest BCUT2D eigenvalue weighted by Crippen LogP contribution is 2.16. The van der Waals surface area contributed by atoms with Crippen LogP contribution in [0.5, 0.6) is 0 Å². The maximum Gasteiger partial charge on any atom is 0.234 e. The summed E-state index contributed by atoms with van der Waals surface area (Å²) in [5, 5.41) is 15.2. The van der Waals surface area contributed by atoms with E-state index >= 15 is 0 Å². The summed E-state index contributed by atoms with van der Waals surface area (Å²) in [4.78, 5) is 14.0. The Morgan fingerprint density at radius 3 is 2.89 bits per heavy atom. The van der Waals surface area contributed by atoms with E-state index in [9.17, 15) is 4.79 Å². The average molecular weight is 269 g/mol. The average Bonchev–Trinajstić information content (AvgIpc) is 2.38. The zero-order chi connectivity index (χ0) is 14.3. The molecule has 1 aliphatic rings. The molecule has 1 heterocycles. The van der Waals surface area contributed by atoms with Crippen LogP contribution in [-0.4, -0.2) is 47.9 Å². The molecule has 0 radical (unpaired) electrons. The molecule has 0 aromatic heterocycles. The maximum atomic E-state index is 11.8. The first kappa shape index (κ1) is 16.0. The number of nitrogens with one attached hydrogen (secondary N) is 1. The molecule has 19 heavy (non-hydrogen) atoms. The first-order valence-electron chi connectivity index (χ1n) is 7.26. The van der Waals surface area contributed by atoms with Crippen LogP contribution in [-0.2, 0) is 4.79 Å². The van der Waals surface area contributed by atoms with Crippen molar-refractivity contribution < 1.29 is 10.0 Å². The molecule has 0 saturated carbocycles. The van der Waals surface area contributed by atoms with Gasteiger partial charge in [0.25, 0.3) is 0 Å². The molecule has 1 aliphatic heterocycles. The number of hydrogen-bond donors (Lipinski definition) is 2. The van der Waals surface area contributed by atoms with Gasteiger partial charge in [-0.25, -0.2) is 0 Å². The molecular formula is C14H27N3O2. The van der Waals surface area contributed by atoms with Gasteiger partial charge < -0.3 is 10.5 Å². The topological polar surface area (TPSA) is 64.9 Å². The number of likely N-dealkylation sites (tertiary alicyclic amines) is 1. The Labute approximate surface area is 116 Å². The largest absolute Gasteiger partial charge is 0.411 e. The van der Waals surface area contributed by atoms with Gasteiger partial charge in [0.05, 0.1) is 12.3 Å². The van der Waals surface area contributed by atoms with Crippen molar-refractivity contribution >= 4 is 11.6 Å². The van der Waals surface area contributed by atoms with Crippen LogP contribution in [0.15, 0.2) is 5.16 Å². The molecule has 110 valence electrons. The van der Waals surface area contributed by atoms with Crippen molar-refractivity contribution in [2.45, 2.75) is 40.0 Å². The van der Waals surface area contributed by atoms with Gasteiger partial charge in [0, 0.05) is 32.0 Å². The van der Waals surface area contributed by atoms with Crippen LogP contribution in [0, 0.1) is 11.8 Å². The van der Waals surface area contributed by atoms with Crippen LogP contribution in [0.4, 0.5) is 0 Å². The van der Waals surface area contributed by atoms with Crippen molar-refractivity contribution in [3.63, 3.8) is 0 Å². The summed E-state index contributed by atoms with van der Waals surface area (Å²) in [5.74, 6) is 0.991. The Kier molecular flexibility index (Phi) is 6.84. The first-order chi connectivity index (χ1) is 9.06. The fourth-order valence-corrected chi connectivity index (χ4v) is 2.38. The summed E-state index contributed by atoms with van der Waals surface area (Å²) in [6.45, 7) is 9.21. The van der Waals surface area contributed by atoms with Gasteiger partial charge in [-0.05, 0) is 18.8 Å². The van der Waals surface area contributed by atoms with Crippen molar-refractivity contribution in [2.24, 2.45) is 17.0 Å². The smallest absolute Gasteiger partial charge is 0.234 e. The number of rotatable bonds is 6. The van der Waals surface area contributed by atoms with Crippen LogP contribution in [0.1, 0.15) is 40.0 Å². The van der Waals surface area contributed by atoms with Crippen LogP contribution in [0.25, 0.3) is 0 Å². The lowest BCUT2D eigenvalue weighted by atomic mass is 9.93. The fraction of sp³-hybridized carbons (Fsp3) is 0.857. The van der Waals surface area contributed by atoms with E-state index in [4.69, 9.17) is 5.21 Å². The molecule has 1 fully saturated rings. The molecule has 2 N–H and O–H groups in total. The molecule has 1 rings (SSSR count). The summed E-state index contributed by atoms with van der Waals surface area (Å²) >= 11 is 0. The van der Waals surface area contributed by atoms with Crippen molar-refractivity contribution in [1.29, 1.82) is 0 Å². The van der Waals surface area contributed by atoms with E-state index in [1.165, 1.54) is 0 Å². The number of nitrogens with zero attached hydrogens (tertiary/aromatic N) is 2. The van der Waals surface area contributed by atoms with E-state index in [0.29, 0.717) is 12.5 Å². The summed E-state index contributed by atoms with van der Waals surface area (Å²) in [6, 6.07) is 0. The molecule has 0 spiro atoms. The molecular weight excluding hydrogens is 242 g/mol. The van der Waals surface area contributed by atoms with E-state index < -0.39 is 0 Å². The molecule has 1 amide bonds. The second-order valence-corrected chi connectivity index (χ2v) is 5.71. The lowest BCUT2D eigenvalue weighted by Crippen LogP contribution is -2.45. The molecule has 0 aromatic rings. The molecule has 5 nitrogen and oxygen atoms in total. The number of carbonyl (C=O) groups is 1. The van der Waals surface area contributed by atoms with E-state index in [-0.39, 0.29) is 11.8 Å². The van der Waals surface area contributed by atoms with Crippen LogP contribution in [0.3, 0.4) is 0 Å². The van der Waals surface area contributed by atoms with Crippen LogP contribution < -0.4 is 5.32 Å². The summed E-state index contributed by atoms with van der Waals surface area (Å²) in [5.41, 5.74) is 0.874. The Hall–Kier alpha value is -1.10. The van der Waals surface area contributed by atoms with Gasteiger partial charge in [0.15, 0.2) is 0 Å². The van der Waals surface area contributed by atoms with E-state index in [0.717, 1.165) is 44.6 Å². The van der Waals surface area contributed by atoms with Crippen molar-refractivity contribution in [3.05, 3.63) is 0 Å². The Morgan fingerprint density at radius 2 is 2.32 bits per heavy atom. The summed E-state index contributed by atoms with van der Waals surface area (Å²) in [6.07, 6.45) is 2.73. The van der Waals surface area contributed by atoms with Gasteiger partial charge in [-0.1, -0.05) is 25.9 Å². The molecule has 5 heteroatoms. The van der Waals surface area contributed by atoms with E-state index in [1.807, 2.05) is 0 Å². The zero-order valence-electron chi connectivity index (χ0n) is 12.4. The van der Waals surface area contributed by atoms with Crippen molar-refractivity contribution in [2.75, 3.05) is 26.2 Å². The third-order valence-corrected chi connectivity index (χ3v) is 3.67. The number of hydrogen-bond acceptors (Lipinski definition) is 4. The molecule has 0 aliphatic carbocycles. The van der Waals surface area contributed by atoms with Crippen LogP contribution >= 0.6 is 0 Å². The minimum atomic E-state index is 0.0971. The van der Waals surface area contributed by atoms with E-state index in [2.05, 4.69) is 36.1 Å². The van der Waals surface area contributed by atoms with Gasteiger partial charge in [-0.3, -0.25) is 9.69 Å². The van der Waals surface area contributed by atoms with Gasteiger partial charge in [0.2, 0.25) is 5.91 Å². The highest BCUT2D eigenvalue weighted by molar-refractivity contribution is 5.87. The standard InChI is InChI=1S/C14H27N3O2/c1-4-12-9-17(8-6-13(12)16-19)10-14(18)15-7-5-11(2)3/h11-12,19H,4-10H2,1-3H3,(H,15,18). The van der Waals surface area contributed by atoms with Crippen LogP contribution in [0.2, 0.25) is 0 Å². The summed E-state index contributed by atoms with van der Waals surface area (Å²) < 4.78 is 0. The third kappa shape index (κ3) is 5.59. The van der Waals surface area contributed by atoms with Crippen molar-refractivity contribution in [3.8, 4) is 0 Å². The second kappa shape index (κ2) is 8.15. The zero-order valence-corrected chi connectivity index (χ0v) is 12.4. The lowest BCUT2D eigenvalue weighted by Gasteiger charge is -2.32. The molecule has 1 saturated heterocycles. The normalized spacial score (nSPS) is 22.9. The highest BCUT2D eigenvalue weighted by Gasteiger charge is 2.25. The quantitative estimate of drug-likeness (QED) is 0.570. The number of carbonyl (C=O) groups excluding carboxylic acids is 1. The minimum absolute atomic E-state index is 0.0971. The number of piperidine rings is 1. The Balaban J connectivity index is 2.31. The first-order valence-corrected chi connectivity index (χ1v) is 7.26. The SMILES string of the molecule is CCC1CN(CC(=O)NCCC(C)C)CCC1=NO. The Bertz CT molecular complexity index is 316. The third-order valence-electron chi connectivity index (χ3n) is 3.67. The van der Waals surface area contributed by atoms with Crippen molar-refractivity contribution in [1.82, 2.24) is 10.2 Å².